The molecule has 0 fully saturated rings. The van der Waals surface area contributed by atoms with Gasteiger partial charge in [0.1, 0.15) is 6.04 Å². The molecule has 2 aromatic carbocycles. The Labute approximate surface area is 171 Å². The molecule has 0 aliphatic carbocycles. The molecule has 1 aromatic heterocycles. The summed E-state index contributed by atoms with van der Waals surface area (Å²) >= 11 is 3.30. The van der Waals surface area contributed by atoms with E-state index in [1.807, 2.05) is 48.7 Å². The smallest absolute Gasteiger partial charge is 0.312 e. The van der Waals surface area contributed by atoms with Gasteiger partial charge in [-0.05, 0) is 48.3 Å². The number of hydrogen-bond donors (Lipinski definition) is 3. The van der Waals surface area contributed by atoms with Crippen molar-refractivity contribution in [2.75, 3.05) is 17.3 Å². The predicted molar refractivity (Wildman–Crippen MR) is 117 cm³/mol. The van der Waals surface area contributed by atoms with Gasteiger partial charge in [0.05, 0.1) is 15.2 Å². The molecule has 0 aliphatic heterocycles. The number of carbonyl (C=O) groups excluding carboxylic acids is 2. The number of aromatic nitrogens is 1. The normalized spacial score (nSPS) is 11.9. The number of para-hydroxylation sites is 1. The van der Waals surface area contributed by atoms with Gasteiger partial charge < -0.3 is 16.4 Å². The number of urea groups is 1. The number of carbonyl (C=O) groups is 2. The Morgan fingerprint density at radius 1 is 1.18 bits per heavy atom. The van der Waals surface area contributed by atoms with Crippen LogP contribution in [0.5, 0.6) is 0 Å². The second-order valence-electron chi connectivity index (χ2n) is 6.28. The van der Waals surface area contributed by atoms with Crippen molar-refractivity contribution in [2.24, 2.45) is 5.73 Å². The van der Waals surface area contributed by atoms with Gasteiger partial charge in [-0.2, -0.15) is 11.8 Å². The summed E-state index contributed by atoms with van der Waals surface area (Å²) in [6.45, 7) is 0. The lowest BCUT2D eigenvalue weighted by atomic mass is 10.1. The van der Waals surface area contributed by atoms with Crippen LogP contribution in [0.2, 0.25) is 0 Å². The van der Waals surface area contributed by atoms with Gasteiger partial charge in [-0.25, -0.2) is 9.78 Å². The van der Waals surface area contributed by atoms with Crippen LogP contribution < -0.4 is 16.4 Å². The van der Waals surface area contributed by atoms with Gasteiger partial charge in [0, 0.05) is 12.1 Å². The van der Waals surface area contributed by atoms with Crippen LogP contribution in [0.25, 0.3) is 10.2 Å². The summed E-state index contributed by atoms with van der Waals surface area (Å²) in [4.78, 5) is 28.2. The summed E-state index contributed by atoms with van der Waals surface area (Å²) in [7, 11) is 0. The second kappa shape index (κ2) is 9.57. The van der Waals surface area contributed by atoms with Crippen molar-refractivity contribution in [2.45, 2.75) is 18.9 Å². The van der Waals surface area contributed by atoms with E-state index < -0.39 is 12.1 Å². The summed E-state index contributed by atoms with van der Waals surface area (Å²) in [6, 6.07) is 14.4. The lowest BCUT2D eigenvalue weighted by Crippen LogP contribution is -2.46. The van der Waals surface area contributed by atoms with E-state index in [-0.39, 0.29) is 5.91 Å². The Balaban J connectivity index is 1.62. The average molecular weight is 415 g/mol. The number of benzene rings is 2. The zero-order valence-corrected chi connectivity index (χ0v) is 17.1. The molecule has 3 rings (SSSR count). The van der Waals surface area contributed by atoms with Gasteiger partial charge >= 0.3 is 6.03 Å². The van der Waals surface area contributed by atoms with Gasteiger partial charge in [0.15, 0.2) is 0 Å². The fourth-order valence-corrected chi connectivity index (χ4v) is 4.25. The van der Waals surface area contributed by atoms with E-state index in [9.17, 15) is 9.59 Å². The molecule has 0 saturated heterocycles. The van der Waals surface area contributed by atoms with E-state index >= 15 is 0 Å². The van der Waals surface area contributed by atoms with Crippen LogP contribution in [0.15, 0.2) is 48.5 Å². The maximum absolute atomic E-state index is 12.4. The highest BCUT2D eigenvalue weighted by molar-refractivity contribution is 7.98. The van der Waals surface area contributed by atoms with Crippen molar-refractivity contribution >= 4 is 50.9 Å². The third kappa shape index (κ3) is 5.46. The van der Waals surface area contributed by atoms with E-state index in [0.717, 1.165) is 28.3 Å². The van der Waals surface area contributed by atoms with Crippen LogP contribution in [-0.2, 0) is 11.2 Å². The maximum atomic E-state index is 12.4. The second-order valence-corrected chi connectivity index (χ2v) is 8.38. The van der Waals surface area contributed by atoms with Crippen molar-refractivity contribution in [3.63, 3.8) is 0 Å². The van der Waals surface area contributed by atoms with Crippen LogP contribution in [0, 0.1) is 0 Å². The number of thioether (sulfide) groups is 1. The molecule has 0 radical (unpaired) electrons. The minimum atomic E-state index is -0.701. The molecule has 0 saturated carbocycles. The van der Waals surface area contributed by atoms with Gasteiger partial charge in [-0.1, -0.05) is 24.3 Å². The van der Waals surface area contributed by atoms with Gasteiger partial charge in [-0.3, -0.25) is 4.79 Å². The molecule has 6 nitrogen and oxygen atoms in total. The van der Waals surface area contributed by atoms with Crippen LogP contribution in [0.3, 0.4) is 0 Å². The first-order valence-corrected chi connectivity index (χ1v) is 11.1. The Hall–Kier alpha value is -2.58. The lowest BCUT2D eigenvalue weighted by molar-refractivity contribution is -0.117. The summed E-state index contributed by atoms with van der Waals surface area (Å²) in [5, 5.41) is 6.39. The first-order chi connectivity index (χ1) is 13.5. The summed E-state index contributed by atoms with van der Waals surface area (Å²) in [5.41, 5.74) is 7.99. The molecular formula is C20H22N4O2S2. The fraction of sp³-hybridized carbons (Fsp3) is 0.250. The standard InChI is InChI=1S/C20H22N4O2S2/c1-27-11-10-16(24-20(21)26)19(25)22-14-8-6-13(7-9-14)12-18-23-15-4-2-3-5-17(15)28-18/h2-9,16H,10-12H2,1H3,(H,22,25)(H3,21,24,26). The van der Waals surface area contributed by atoms with Crippen LogP contribution >= 0.6 is 23.1 Å². The average Bonchev–Trinajstić information content (AvgIpc) is 3.08. The molecule has 4 N–H and O–H groups in total. The Morgan fingerprint density at radius 3 is 2.61 bits per heavy atom. The van der Waals surface area contributed by atoms with Gasteiger partial charge in [0.25, 0.3) is 0 Å². The van der Waals surface area contributed by atoms with Crippen molar-refractivity contribution in [3.05, 3.63) is 59.1 Å². The molecule has 146 valence electrons. The van der Waals surface area contributed by atoms with E-state index in [4.69, 9.17) is 5.73 Å². The molecule has 1 atom stereocenters. The quantitative estimate of drug-likeness (QED) is 0.524. The Kier molecular flexibility index (Phi) is 6.89. The van der Waals surface area contributed by atoms with Gasteiger partial charge in [-0.15, -0.1) is 11.3 Å². The minimum absolute atomic E-state index is 0.272. The van der Waals surface area contributed by atoms with Gasteiger partial charge in [0.2, 0.25) is 5.91 Å². The molecule has 0 spiro atoms. The number of amides is 3. The number of rotatable bonds is 8. The zero-order valence-electron chi connectivity index (χ0n) is 15.5. The highest BCUT2D eigenvalue weighted by atomic mass is 32.2. The van der Waals surface area contributed by atoms with E-state index in [2.05, 4.69) is 21.7 Å². The Bertz CT molecular complexity index is 923. The predicted octanol–water partition coefficient (Wildman–Crippen LogP) is 3.62. The summed E-state index contributed by atoms with van der Waals surface area (Å²) in [5.74, 6) is 0.478. The number of thiazole rings is 1. The topological polar surface area (TPSA) is 97.1 Å². The maximum Gasteiger partial charge on any atom is 0.312 e. The highest BCUT2D eigenvalue weighted by Gasteiger charge is 2.19. The molecule has 1 unspecified atom stereocenters. The van der Waals surface area contributed by atoms with Crippen molar-refractivity contribution < 1.29 is 9.59 Å². The van der Waals surface area contributed by atoms with Crippen molar-refractivity contribution in [3.8, 4) is 0 Å². The molecule has 28 heavy (non-hydrogen) atoms. The van der Waals surface area contributed by atoms with Crippen molar-refractivity contribution in [1.29, 1.82) is 0 Å². The first-order valence-electron chi connectivity index (χ1n) is 8.84. The fourth-order valence-electron chi connectivity index (χ4n) is 2.78. The summed E-state index contributed by atoms with van der Waals surface area (Å²) in [6.07, 6.45) is 3.21. The van der Waals surface area contributed by atoms with E-state index in [0.29, 0.717) is 12.1 Å². The number of anilines is 1. The third-order valence-corrected chi connectivity index (χ3v) is 5.84. The molecule has 3 aromatic rings. The SMILES string of the molecule is CSCCC(NC(N)=O)C(=O)Nc1ccc(Cc2nc3ccccc3s2)cc1. The van der Waals surface area contributed by atoms with Crippen LogP contribution in [-0.4, -0.2) is 35.0 Å². The number of hydrogen-bond acceptors (Lipinski definition) is 5. The first kappa shape index (κ1) is 20.2. The number of primary amides is 1. The lowest BCUT2D eigenvalue weighted by Gasteiger charge is -2.17. The molecule has 0 bridgehead atoms. The van der Waals surface area contributed by atoms with Crippen LogP contribution in [0.1, 0.15) is 17.0 Å². The zero-order chi connectivity index (χ0) is 19.9. The molecular weight excluding hydrogens is 392 g/mol. The highest BCUT2D eigenvalue weighted by Crippen LogP contribution is 2.24. The molecule has 1 heterocycles. The Morgan fingerprint density at radius 2 is 1.93 bits per heavy atom. The number of nitrogens with zero attached hydrogens (tertiary/aromatic N) is 1. The van der Waals surface area contributed by atoms with Crippen molar-refractivity contribution in [1.82, 2.24) is 10.3 Å². The minimum Gasteiger partial charge on any atom is -0.352 e. The van der Waals surface area contributed by atoms with Crippen LogP contribution in [0.4, 0.5) is 10.5 Å². The van der Waals surface area contributed by atoms with E-state index in [1.54, 1.807) is 23.1 Å². The van der Waals surface area contributed by atoms with E-state index in [1.165, 1.54) is 4.70 Å². The molecule has 0 aliphatic rings. The number of fused-ring (bicyclic) bond motifs is 1. The largest absolute Gasteiger partial charge is 0.352 e. The number of nitrogens with one attached hydrogen (secondary N) is 2. The third-order valence-electron chi connectivity index (χ3n) is 4.16. The molecule has 3 amide bonds. The summed E-state index contributed by atoms with van der Waals surface area (Å²) < 4.78 is 1.18. The number of nitrogens with two attached hydrogens (primary N) is 1. The monoisotopic (exact) mass is 414 g/mol. The molecule has 8 heteroatoms.